The number of carbonyl (C=O) groups excluding carboxylic acids is 1. The second kappa shape index (κ2) is 7.00. The molecule has 0 bridgehead atoms. The number of anilines is 2. The van der Waals surface area contributed by atoms with Gasteiger partial charge in [-0.3, -0.25) is 14.9 Å². The van der Waals surface area contributed by atoms with E-state index in [1.165, 1.54) is 12.1 Å². The van der Waals surface area contributed by atoms with E-state index in [0.29, 0.717) is 0 Å². The summed E-state index contributed by atoms with van der Waals surface area (Å²) in [6.07, 6.45) is 0. The number of nitro benzene ring substituents is 1. The van der Waals surface area contributed by atoms with Gasteiger partial charge in [-0.1, -0.05) is 42.5 Å². The Labute approximate surface area is 144 Å². The van der Waals surface area contributed by atoms with E-state index in [0.717, 1.165) is 16.5 Å². The summed E-state index contributed by atoms with van der Waals surface area (Å²) in [4.78, 5) is 22.9. The average molecular weight is 335 g/mol. The van der Waals surface area contributed by atoms with E-state index in [2.05, 4.69) is 10.6 Å². The number of hydrogen-bond acceptors (Lipinski definition) is 4. The maximum absolute atomic E-state index is 12.4. The van der Waals surface area contributed by atoms with Crippen molar-refractivity contribution in [1.82, 2.24) is 0 Å². The molecule has 0 fully saturated rings. The quantitative estimate of drug-likeness (QED) is 0.541. The van der Waals surface area contributed by atoms with E-state index in [9.17, 15) is 14.9 Å². The molecule has 1 amide bonds. The molecule has 0 spiro atoms. The molecule has 1 atom stereocenters. The topological polar surface area (TPSA) is 84.3 Å². The minimum absolute atomic E-state index is 0.131. The molecular formula is C19H17N3O3. The van der Waals surface area contributed by atoms with Crippen LogP contribution in [0.25, 0.3) is 10.8 Å². The van der Waals surface area contributed by atoms with E-state index in [4.69, 9.17) is 0 Å². The summed E-state index contributed by atoms with van der Waals surface area (Å²) in [6.45, 7) is 1.71. The van der Waals surface area contributed by atoms with Gasteiger partial charge in [0.2, 0.25) is 5.91 Å². The van der Waals surface area contributed by atoms with Crippen molar-refractivity contribution >= 4 is 33.7 Å². The molecule has 0 saturated heterocycles. The van der Waals surface area contributed by atoms with Crippen LogP contribution < -0.4 is 10.6 Å². The molecule has 6 nitrogen and oxygen atoms in total. The van der Waals surface area contributed by atoms with Crippen molar-refractivity contribution in [2.24, 2.45) is 0 Å². The Hall–Kier alpha value is -3.41. The lowest BCUT2D eigenvalue weighted by molar-refractivity contribution is -0.383. The van der Waals surface area contributed by atoms with E-state index < -0.39 is 11.0 Å². The van der Waals surface area contributed by atoms with Crippen LogP contribution in [0.2, 0.25) is 0 Å². The zero-order chi connectivity index (χ0) is 17.8. The smallest absolute Gasteiger partial charge is 0.292 e. The van der Waals surface area contributed by atoms with Crippen molar-refractivity contribution in [1.29, 1.82) is 0 Å². The van der Waals surface area contributed by atoms with E-state index in [1.807, 2.05) is 42.5 Å². The lowest BCUT2D eigenvalue weighted by Gasteiger charge is -2.16. The van der Waals surface area contributed by atoms with E-state index in [1.54, 1.807) is 19.1 Å². The van der Waals surface area contributed by atoms with E-state index >= 15 is 0 Å². The second-order valence-corrected chi connectivity index (χ2v) is 5.69. The number of nitro groups is 1. The van der Waals surface area contributed by atoms with Crippen molar-refractivity contribution in [2.45, 2.75) is 13.0 Å². The van der Waals surface area contributed by atoms with Gasteiger partial charge in [-0.25, -0.2) is 0 Å². The van der Waals surface area contributed by atoms with Crippen LogP contribution in [-0.4, -0.2) is 16.9 Å². The maximum atomic E-state index is 12.4. The number of nitrogens with one attached hydrogen (secondary N) is 2. The van der Waals surface area contributed by atoms with Gasteiger partial charge in [-0.15, -0.1) is 0 Å². The molecule has 0 radical (unpaired) electrons. The number of benzene rings is 3. The molecule has 25 heavy (non-hydrogen) atoms. The van der Waals surface area contributed by atoms with Crippen LogP contribution in [0.15, 0.2) is 66.7 Å². The van der Waals surface area contributed by atoms with Crippen molar-refractivity contribution < 1.29 is 9.72 Å². The molecule has 0 aliphatic carbocycles. The van der Waals surface area contributed by atoms with Gasteiger partial charge in [0.1, 0.15) is 11.7 Å². The number of amides is 1. The molecule has 126 valence electrons. The third kappa shape index (κ3) is 3.74. The maximum Gasteiger partial charge on any atom is 0.292 e. The van der Waals surface area contributed by atoms with Crippen LogP contribution in [0.3, 0.4) is 0 Å². The summed E-state index contributed by atoms with van der Waals surface area (Å²) >= 11 is 0. The number of nitrogens with zero attached hydrogens (tertiary/aromatic N) is 1. The third-order valence-corrected chi connectivity index (χ3v) is 3.88. The van der Waals surface area contributed by atoms with Crippen molar-refractivity contribution in [3.05, 3.63) is 76.8 Å². The van der Waals surface area contributed by atoms with Gasteiger partial charge in [0.05, 0.1) is 4.92 Å². The Kier molecular flexibility index (Phi) is 4.61. The first-order valence-corrected chi connectivity index (χ1v) is 7.84. The third-order valence-electron chi connectivity index (χ3n) is 3.88. The summed E-state index contributed by atoms with van der Waals surface area (Å²) in [5, 5.41) is 18.9. The Balaban J connectivity index is 1.73. The predicted octanol–water partition coefficient (Wildman–Crippen LogP) is 4.19. The van der Waals surface area contributed by atoms with Gasteiger partial charge in [-0.2, -0.15) is 0 Å². The summed E-state index contributed by atoms with van der Waals surface area (Å²) < 4.78 is 0. The summed E-state index contributed by atoms with van der Waals surface area (Å²) in [7, 11) is 0. The molecule has 0 saturated carbocycles. The zero-order valence-corrected chi connectivity index (χ0v) is 13.6. The van der Waals surface area contributed by atoms with E-state index in [-0.39, 0.29) is 17.3 Å². The van der Waals surface area contributed by atoms with Gasteiger partial charge in [0.15, 0.2) is 0 Å². The molecule has 0 unspecified atom stereocenters. The highest BCUT2D eigenvalue weighted by Gasteiger charge is 2.18. The zero-order valence-electron chi connectivity index (χ0n) is 13.6. The molecule has 0 aliphatic rings. The molecule has 0 aliphatic heterocycles. The Morgan fingerprint density at radius 1 is 1.00 bits per heavy atom. The van der Waals surface area contributed by atoms with Gasteiger partial charge >= 0.3 is 0 Å². The van der Waals surface area contributed by atoms with Crippen molar-refractivity contribution in [3.63, 3.8) is 0 Å². The minimum Gasteiger partial charge on any atom is -0.374 e. The standard InChI is InChI=1S/C19H17N3O3/c1-13(19(23)21-17-8-4-5-9-18(17)22(24)25)20-16-11-10-14-6-2-3-7-15(14)12-16/h2-13,20H,1H3,(H,21,23)/t13-/m1/s1. The van der Waals surface area contributed by atoms with Crippen LogP contribution in [0, 0.1) is 10.1 Å². The Morgan fingerprint density at radius 3 is 2.44 bits per heavy atom. The second-order valence-electron chi connectivity index (χ2n) is 5.69. The molecular weight excluding hydrogens is 318 g/mol. The van der Waals surface area contributed by atoms with Crippen LogP contribution in [0.5, 0.6) is 0 Å². The van der Waals surface area contributed by atoms with Crippen LogP contribution in [-0.2, 0) is 4.79 Å². The van der Waals surface area contributed by atoms with Crippen molar-refractivity contribution in [3.8, 4) is 0 Å². The summed E-state index contributed by atoms with van der Waals surface area (Å²) in [6, 6.07) is 19.3. The number of hydrogen-bond donors (Lipinski definition) is 2. The Morgan fingerprint density at radius 2 is 1.68 bits per heavy atom. The van der Waals surface area contributed by atoms with Crippen LogP contribution in [0.4, 0.5) is 17.1 Å². The molecule has 3 rings (SSSR count). The molecule has 2 N–H and O–H groups in total. The lowest BCUT2D eigenvalue weighted by atomic mass is 10.1. The first kappa shape index (κ1) is 16.4. The summed E-state index contributed by atoms with van der Waals surface area (Å²) in [5.74, 6) is -0.345. The predicted molar refractivity (Wildman–Crippen MR) is 98.8 cm³/mol. The lowest BCUT2D eigenvalue weighted by Crippen LogP contribution is -2.32. The van der Waals surface area contributed by atoms with Crippen molar-refractivity contribution in [2.75, 3.05) is 10.6 Å². The highest BCUT2D eigenvalue weighted by atomic mass is 16.6. The fourth-order valence-corrected chi connectivity index (χ4v) is 2.57. The van der Waals surface area contributed by atoms with Gasteiger partial charge in [-0.05, 0) is 35.9 Å². The number of rotatable bonds is 5. The summed E-state index contributed by atoms with van der Waals surface area (Å²) in [5.41, 5.74) is 0.863. The number of fused-ring (bicyclic) bond motifs is 1. The average Bonchev–Trinajstić information content (AvgIpc) is 2.61. The number of carbonyl (C=O) groups is 1. The molecule has 0 heterocycles. The normalized spacial score (nSPS) is 11.7. The minimum atomic E-state index is -0.555. The fraction of sp³-hybridized carbons (Fsp3) is 0.105. The van der Waals surface area contributed by atoms with Gasteiger partial charge in [0, 0.05) is 11.8 Å². The van der Waals surface area contributed by atoms with Crippen LogP contribution >= 0.6 is 0 Å². The number of para-hydroxylation sites is 2. The molecule has 0 aromatic heterocycles. The molecule has 3 aromatic carbocycles. The van der Waals surface area contributed by atoms with Gasteiger partial charge < -0.3 is 10.6 Å². The SMILES string of the molecule is C[C@@H](Nc1ccc2ccccc2c1)C(=O)Nc1ccccc1[N+](=O)[O-]. The molecule has 6 heteroatoms. The first-order valence-electron chi connectivity index (χ1n) is 7.84. The Bertz CT molecular complexity index is 940. The monoisotopic (exact) mass is 335 g/mol. The highest BCUT2D eigenvalue weighted by molar-refractivity contribution is 5.98. The van der Waals surface area contributed by atoms with Crippen LogP contribution in [0.1, 0.15) is 6.92 Å². The highest BCUT2D eigenvalue weighted by Crippen LogP contribution is 2.24. The molecule has 3 aromatic rings. The fourth-order valence-electron chi connectivity index (χ4n) is 2.57. The first-order chi connectivity index (χ1) is 12.0. The van der Waals surface area contributed by atoms with Gasteiger partial charge in [0.25, 0.3) is 5.69 Å². The largest absolute Gasteiger partial charge is 0.374 e.